The summed E-state index contributed by atoms with van der Waals surface area (Å²) in [4.78, 5) is 0. The molecule has 0 saturated carbocycles. The number of nitrogens with one attached hydrogen (secondary N) is 2. The lowest BCUT2D eigenvalue weighted by Crippen LogP contribution is -2.23. The summed E-state index contributed by atoms with van der Waals surface area (Å²) in [5.41, 5.74) is 0. The standard InChI is InChI=1S/2C7H15NO.2ClH/c2*1-6-4-9-5-7(6)3-8-2;;/h2*6-8H,3-5H2,1-2H3;2*1H/t2*6-,7-;;/m10../s1. The normalized spacial score (nSPS) is 31.8. The van der Waals surface area contributed by atoms with Gasteiger partial charge in [0.2, 0.25) is 0 Å². The van der Waals surface area contributed by atoms with Gasteiger partial charge in [0.1, 0.15) is 0 Å². The van der Waals surface area contributed by atoms with Gasteiger partial charge in [-0.05, 0) is 37.8 Å². The van der Waals surface area contributed by atoms with Crippen molar-refractivity contribution in [3.05, 3.63) is 0 Å². The Hall–Kier alpha value is 0.420. The van der Waals surface area contributed by atoms with Crippen molar-refractivity contribution in [2.45, 2.75) is 13.8 Å². The van der Waals surface area contributed by atoms with Crippen molar-refractivity contribution >= 4 is 24.8 Å². The quantitative estimate of drug-likeness (QED) is 0.825. The summed E-state index contributed by atoms with van der Waals surface area (Å²) in [6, 6.07) is 0. The maximum Gasteiger partial charge on any atom is 0.0509 e. The second kappa shape index (κ2) is 13.1. The van der Waals surface area contributed by atoms with Crippen LogP contribution in [0.3, 0.4) is 0 Å². The first kappa shape index (κ1) is 22.7. The Kier molecular flexibility index (Phi) is 14.9. The highest BCUT2D eigenvalue weighted by Crippen LogP contribution is 2.18. The average Bonchev–Trinajstić information content (AvgIpc) is 2.92. The molecule has 4 atom stereocenters. The van der Waals surface area contributed by atoms with Crippen LogP contribution >= 0.6 is 24.8 Å². The fourth-order valence-electron chi connectivity index (χ4n) is 2.46. The minimum atomic E-state index is 0. The Labute approximate surface area is 136 Å². The maximum absolute atomic E-state index is 5.28. The lowest BCUT2D eigenvalue weighted by molar-refractivity contribution is 0.181. The average molecular weight is 331 g/mol. The van der Waals surface area contributed by atoms with Gasteiger partial charge in [-0.1, -0.05) is 13.8 Å². The zero-order valence-corrected chi connectivity index (χ0v) is 14.8. The topological polar surface area (TPSA) is 42.5 Å². The lowest BCUT2D eigenvalue weighted by atomic mass is 9.98. The predicted octanol–water partition coefficient (Wildman–Crippen LogP) is 1.82. The van der Waals surface area contributed by atoms with Crippen LogP contribution in [0.2, 0.25) is 0 Å². The van der Waals surface area contributed by atoms with Crippen molar-refractivity contribution in [2.75, 3.05) is 53.6 Å². The van der Waals surface area contributed by atoms with Gasteiger partial charge >= 0.3 is 0 Å². The molecule has 2 rings (SSSR count). The van der Waals surface area contributed by atoms with E-state index in [2.05, 4.69) is 24.5 Å². The Bertz CT molecular complexity index is 201. The summed E-state index contributed by atoms with van der Waals surface area (Å²) in [7, 11) is 3.98. The van der Waals surface area contributed by atoms with Crippen LogP contribution < -0.4 is 10.6 Å². The van der Waals surface area contributed by atoms with Gasteiger partial charge < -0.3 is 20.1 Å². The highest BCUT2D eigenvalue weighted by atomic mass is 35.5. The van der Waals surface area contributed by atoms with Crippen molar-refractivity contribution in [3.63, 3.8) is 0 Å². The van der Waals surface area contributed by atoms with Crippen LogP contribution in [0, 0.1) is 23.7 Å². The van der Waals surface area contributed by atoms with E-state index in [1.165, 1.54) is 0 Å². The third-order valence-corrected chi connectivity index (χ3v) is 3.97. The minimum Gasteiger partial charge on any atom is -0.381 e. The monoisotopic (exact) mass is 330 g/mol. The van der Waals surface area contributed by atoms with E-state index in [1.54, 1.807) is 0 Å². The van der Waals surface area contributed by atoms with Crippen molar-refractivity contribution in [1.82, 2.24) is 10.6 Å². The Morgan fingerprint density at radius 3 is 1.30 bits per heavy atom. The molecule has 0 aromatic carbocycles. The minimum absolute atomic E-state index is 0. The third kappa shape index (κ3) is 8.01. The van der Waals surface area contributed by atoms with Gasteiger partial charge in [-0.15, -0.1) is 24.8 Å². The van der Waals surface area contributed by atoms with Gasteiger partial charge in [0, 0.05) is 26.3 Å². The van der Waals surface area contributed by atoms with Gasteiger partial charge in [0.05, 0.1) is 13.2 Å². The summed E-state index contributed by atoms with van der Waals surface area (Å²) in [5, 5.41) is 6.32. The maximum atomic E-state index is 5.28. The lowest BCUT2D eigenvalue weighted by Gasteiger charge is -2.10. The van der Waals surface area contributed by atoms with Gasteiger partial charge in [-0.25, -0.2) is 0 Å². The SMILES string of the molecule is CNC[C@@H]1COC[C@H]1C.CNC[C@H]1COC[C@@H]1C.Cl.Cl. The fraction of sp³-hybridized carbons (Fsp3) is 1.00. The molecule has 0 radical (unpaired) electrons. The molecule has 124 valence electrons. The van der Waals surface area contributed by atoms with Crippen molar-refractivity contribution in [1.29, 1.82) is 0 Å². The molecule has 0 spiro atoms. The molecule has 0 aliphatic carbocycles. The molecule has 20 heavy (non-hydrogen) atoms. The van der Waals surface area contributed by atoms with E-state index >= 15 is 0 Å². The Morgan fingerprint density at radius 2 is 1.10 bits per heavy atom. The second-order valence-electron chi connectivity index (χ2n) is 5.66. The van der Waals surface area contributed by atoms with E-state index in [0.29, 0.717) is 0 Å². The number of hydrogen-bond donors (Lipinski definition) is 2. The van der Waals surface area contributed by atoms with Gasteiger partial charge in [0.15, 0.2) is 0 Å². The van der Waals surface area contributed by atoms with E-state index < -0.39 is 0 Å². The Morgan fingerprint density at radius 1 is 0.750 bits per heavy atom. The number of halogens is 2. The predicted molar refractivity (Wildman–Crippen MR) is 89.3 cm³/mol. The molecule has 2 saturated heterocycles. The van der Waals surface area contributed by atoms with Crippen LogP contribution in [-0.2, 0) is 9.47 Å². The first-order chi connectivity index (χ1) is 8.69. The smallest absolute Gasteiger partial charge is 0.0509 e. The molecule has 2 aliphatic heterocycles. The van der Waals surface area contributed by atoms with Crippen molar-refractivity contribution in [3.8, 4) is 0 Å². The number of rotatable bonds is 4. The first-order valence-corrected chi connectivity index (χ1v) is 7.13. The highest BCUT2D eigenvalue weighted by molar-refractivity contribution is 5.85. The molecule has 2 fully saturated rings. The van der Waals surface area contributed by atoms with E-state index in [9.17, 15) is 0 Å². The van der Waals surface area contributed by atoms with Crippen LogP contribution in [0.4, 0.5) is 0 Å². The molecule has 0 amide bonds. The molecule has 4 nitrogen and oxygen atoms in total. The summed E-state index contributed by atoms with van der Waals surface area (Å²) in [6.45, 7) is 10.5. The van der Waals surface area contributed by atoms with Crippen LogP contribution in [0.1, 0.15) is 13.8 Å². The van der Waals surface area contributed by atoms with E-state index in [1.807, 2.05) is 14.1 Å². The number of hydrogen-bond acceptors (Lipinski definition) is 4. The first-order valence-electron chi connectivity index (χ1n) is 7.13. The van der Waals surface area contributed by atoms with E-state index in [4.69, 9.17) is 9.47 Å². The Balaban J connectivity index is 0. The van der Waals surface area contributed by atoms with Crippen molar-refractivity contribution in [2.24, 2.45) is 23.7 Å². The molecular formula is C14H32Cl2N2O2. The molecule has 0 bridgehead atoms. The van der Waals surface area contributed by atoms with Crippen LogP contribution in [-0.4, -0.2) is 53.6 Å². The molecule has 0 unspecified atom stereocenters. The van der Waals surface area contributed by atoms with Gasteiger partial charge in [-0.3, -0.25) is 0 Å². The fourth-order valence-corrected chi connectivity index (χ4v) is 2.46. The van der Waals surface area contributed by atoms with Gasteiger partial charge in [0.25, 0.3) is 0 Å². The zero-order valence-electron chi connectivity index (χ0n) is 13.2. The van der Waals surface area contributed by atoms with Crippen LogP contribution in [0.25, 0.3) is 0 Å². The molecule has 2 N–H and O–H groups in total. The molecule has 0 aromatic heterocycles. The summed E-state index contributed by atoms with van der Waals surface area (Å²) in [6.07, 6.45) is 0. The summed E-state index contributed by atoms with van der Waals surface area (Å²) < 4.78 is 10.6. The third-order valence-electron chi connectivity index (χ3n) is 3.97. The summed E-state index contributed by atoms with van der Waals surface area (Å²) >= 11 is 0. The second-order valence-corrected chi connectivity index (χ2v) is 5.66. The van der Waals surface area contributed by atoms with Gasteiger partial charge in [-0.2, -0.15) is 0 Å². The molecule has 0 aromatic rings. The largest absolute Gasteiger partial charge is 0.381 e. The molecule has 6 heteroatoms. The van der Waals surface area contributed by atoms with Crippen molar-refractivity contribution < 1.29 is 9.47 Å². The highest BCUT2D eigenvalue weighted by Gasteiger charge is 2.23. The molecular weight excluding hydrogens is 299 g/mol. The van der Waals surface area contributed by atoms with E-state index in [-0.39, 0.29) is 24.8 Å². The van der Waals surface area contributed by atoms with Crippen LogP contribution in [0.5, 0.6) is 0 Å². The zero-order chi connectivity index (χ0) is 13.4. The number of ether oxygens (including phenoxy) is 2. The molecule has 2 heterocycles. The van der Waals surface area contributed by atoms with E-state index in [0.717, 1.165) is 63.2 Å². The van der Waals surface area contributed by atoms with Crippen LogP contribution in [0.15, 0.2) is 0 Å². The molecule has 2 aliphatic rings. The summed E-state index contributed by atoms with van der Waals surface area (Å²) in [5.74, 6) is 2.99.